The highest BCUT2D eigenvalue weighted by molar-refractivity contribution is 5.82. The van der Waals surface area contributed by atoms with Crippen LogP contribution in [-0.4, -0.2) is 17.5 Å². The number of ether oxygens (including phenoxy) is 1. The molecule has 0 spiro atoms. The number of rotatable bonds is 2. The zero-order valence-electron chi connectivity index (χ0n) is 12.1. The van der Waals surface area contributed by atoms with Crippen LogP contribution in [0, 0.1) is 16.7 Å². The van der Waals surface area contributed by atoms with Crippen LogP contribution in [0.15, 0.2) is 0 Å². The summed E-state index contributed by atoms with van der Waals surface area (Å²) in [6, 6.07) is 0. The Balaban J connectivity index is 2.24. The SMILES string of the molecule is CC(=O)C(C)(C)[C@@H]1C[C@H]2CCC(C)(C)[C@]2(C)O1. The fourth-order valence-corrected chi connectivity index (χ4v) is 3.48. The Morgan fingerprint density at radius 1 is 1.29 bits per heavy atom. The number of carbonyl (C=O) groups is 1. The molecule has 1 aliphatic heterocycles. The molecule has 98 valence electrons. The van der Waals surface area contributed by atoms with Gasteiger partial charge in [-0.05, 0) is 44.4 Å². The lowest BCUT2D eigenvalue weighted by atomic mass is 9.75. The van der Waals surface area contributed by atoms with Crippen molar-refractivity contribution in [3.05, 3.63) is 0 Å². The Hall–Kier alpha value is -0.370. The third kappa shape index (κ3) is 1.68. The predicted molar refractivity (Wildman–Crippen MR) is 68.9 cm³/mol. The molecule has 1 heterocycles. The van der Waals surface area contributed by atoms with E-state index in [1.807, 2.05) is 13.8 Å². The highest BCUT2D eigenvalue weighted by Gasteiger charge is 2.60. The monoisotopic (exact) mass is 238 g/mol. The van der Waals surface area contributed by atoms with Gasteiger partial charge in [-0.15, -0.1) is 0 Å². The largest absolute Gasteiger partial charge is 0.370 e. The maximum atomic E-state index is 11.8. The van der Waals surface area contributed by atoms with Gasteiger partial charge in [-0.1, -0.05) is 27.7 Å². The second kappa shape index (κ2) is 3.57. The molecule has 2 nitrogen and oxygen atoms in total. The summed E-state index contributed by atoms with van der Waals surface area (Å²) in [7, 11) is 0. The van der Waals surface area contributed by atoms with E-state index in [0.717, 1.165) is 6.42 Å². The van der Waals surface area contributed by atoms with Crippen LogP contribution < -0.4 is 0 Å². The van der Waals surface area contributed by atoms with Crippen molar-refractivity contribution in [3.8, 4) is 0 Å². The summed E-state index contributed by atoms with van der Waals surface area (Å²) in [5.41, 5.74) is -0.146. The molecule has 0 aromatic carbocycles. The molecule has 2 aliphatic rings. The van der Waals surface area contributed by atoms with Crippen LogP contribution >= 0.6 is 0 Å². The molecule has 0 aromatic heterocycles. The highest BCUT2D eigenvalue weighted by Crippen LogP contribution is 2.59. The molecule has 17 heavy (non-hydrogen) atoms. The van der Waals surface area contributed by atoms with Gasteiger partial charge in [-0.25, -0.2) is 0 Å². The lowest BCUT2D eigenvalue weighted by Gasteiger charge is -2.40. The molecular formula is C15H26O2. The van der Waals surface area contributed by atoms with Gasteiger partial charge < -0.3 is 4.74 Å². The Kier molecular flexibility index (Phi) is 2.74. The van der Waals surface area contributed by atoms with Crippen molar-refractivity contribution in [3.63, 3.8) is 0 Å². The normalized spacial score (nSPS) is 40.4. The van der Waals surface area contributed by atoms with Crippen LogP contribution in [0.3, 0.4) is 0 Å². The van der Waals surface area contributed by atoms with Gasteiger partial charge in [0.2, 0.25) is 0 Å². The van der Waals surface area contributed by atoms with Crippen LogP contribution in [0.4, 0.5) is 0 Å². The van der Waals surface area contributed by atoms with Crippen molar-refractivity contribution >= 4 is 5.78 Å². The molecule has 2 heteroatoms. The second-order valence-corrected chi connectivity index (χ2v) is 7.35. The molecule has 2 rings (SSSR count). The zero-order chi connectivity index (χ0) is 13.1. The third-order valence-electron chi connectivity index (χ3n) is 5.84. The molecule has 0 bridgehead atoms. The number of Topliss-reactive ketones (excluding diaryl/α,β-unsaturated/α-hetero) is 1. The molecule has 2 fully saturated rings. The van der Waals surface area contributed by atoms with Crippen molar-refractivity contribution in [1.29, 1.82) is 0 Å². The van der Waals surface area contributed by atoms with Gasteiger partial charge in [0.05, 0.1) is 11.7 Å². The van der Waals surface area contributed by atoms with Crippen molar-refractivity contribution < 1.29 is 9.53 Å². The standard InChI is InChI=1S/C15H26O2/c1-10(16)14(4,5)12-9-11-7-8-13(2,3)15(11,6)17-12/h11-12H,7-9H2,1-6H3/t11-,12+,15-/m1/s1. The van der Waals surface area contributed by atoms with E-state index < -0.39 is 0 Å². The van der Waals surface area contributed by atoms with E-state index in [0.29, 0.717) is 5.92 Å². The van der Waals surface area contributed by atoms with Gasteiger partial charge in [0.15, 0.2) is 0 Å². The molecule has 1 saturated heterocycles. The summed E-state index contributed by atoms with van der Waals surface area (Å²) in [5.74, 6) is 0.866. The van der Waals surface area contributed by atoms with E-state index in [4.69, 9.17) is 4.74 Å². The smallest absolute Gasteiger partial charge is 0.138 e. The Morgan fingerprint density at radius 2 is 1.88 bits per heavy atom. The fraction of sp³-hybridized carbons (Fsp3) is 0.933. The van der Waals surface area contributed by atoms with Gasteiger partial charge in [0, 0.05) is 5.41 Å². The van der Waals surface area contributed by atoms with E-state index in [1.54, 1.807) is 6.92 Å². The summed E-state index contributed by atoms with van der Waals surface area (Å²) in [6.45, 7) is 12.6. The molecular weight excluding hydrogens is 212 g/mol. The van der Waals surface area contributed by atoms with Gasteiger partial charge >= 0.3 is 0 Å². The average molecular weight is 238 g/mol. The topological polar surface area (TPSA) is 26.3 Å². The third-order valence-corrected chi connectivity index (χ3v) is 5.84. The quantitative estimate of drug-likeness (QED) is 0.735. The number of hydrogen-bond donors (Lipinski definition) is 0. The van der Waals surface area contributed by atoms with E-state index in [9.17, 15) is 4.79 Å². The average Bonchev–Trinajstić information content (AvgIpc) is 2.63. The minimum absolute atomic E-state index is 0.0373. The molecule has 1 saturated carbocycles. The molecule has 0 N–H and O–H groups in total. The van der Waals surface area contributed by atoms with Crippen LogP contribution in [0.25, 0.3) is 0 Å². The predicted octanol–water partition coefficient (Wildman–Crippen LogP) is 3.59. The summed E-state index contributed by atoms with van der Waals surface area (Å²) in [4.78, 5) is 11.8. The summed E-state index contributed by atoms with van der Waals surface area (Å²) in [6.07, 6.45) is 3.62. The van der Waals surface area contributed by atoms with Crippen LogP contribution in [-0.2, 0) is 9.53 Å². The van der Waals surface area contributed by atoms with Crippen LogP contribution in [0.2, 0.25) is 0 Å². The first-order chi connectivity index (χ1) is 7.61. The van der Waals surface area contributed by atoms with Crippen molar-refractivity contribution in [2.75, 3.05) is 0 Å². The van der Waals surface area contributed by atoms with Crippen LogP contribution in [0.1, 0.15) is 60.8 Å². The van der Waals surface area contributed by atoms with Gasteiger partial charge in [-0.3, -0.25) is 4.79 Å². The Labute approximate surface area is 105 Å². The van der Waals surface area contributed by atoms with E-state index in [-0.39, 0.29) is 28.3 Å². The molecule has 0 aromatic rings. The lowest BCUT2D eigenvalue weighted by molar-refractivity contribution is -0.148. The van der Waals surface area contributed by atoms with E-state index >= 15 is 0 Å². The van der Waals surface area contributed by atoms with Crippen molar-refractivity contribution in [2.45, 2.75) is 72.5 Å². The van der Waals surface area contributed by atoms with E-state index in [1.165, 1.54) is 12.8 Å². The zero-order valence-corrected chi connectivity index (χ0v) is 12.1. The molecule has 0 amide bonds. The lowest BCUT2D eigenvalue weighted by Crippen LogP contribution is -2.44. The summed E-state index contributed by atoms with van der Waals surface area (Å²) in [5, 5.41) is 0. The minimum Gasteiger partial charge on any atom is -0.370 e. The molecule has 1 aliphatic carbocycles. The van der Waals surface area contributed by atoms with Crippen molar-refractivity contribution in [1.82, 2.24) is 0 Å². The second-order valence-electron chi connectivity index (χ2n) is 7.35. The number of ketones is 1. The number of carbonyl (C=O) groups excluding carboxylic acids is 1. The number of fused-ring (bicyclic) bond motifs is 1. The van der Waals surface area contributed by atoms with Gasteiger partial charge in [-0.2, -0.15) is 0 Å². The number of hydrogen-bond acceptors (Lipinski definition) is 2. The maximum absolute atomic E-state index is 11.8. The molecule has 0 radical (unpaired) electrons. The first-order valence-electron chi connectivity index (χ1n) is 6.80. The fourth-order valence-electron chi connectivity index (χ4n) is 3.48. The van der Waals surface area contributed by atoms with Crippen LogP contribution in [0.5, 0.6) is 0 Å². The first kappa shape index (κ1) is 13.1. The van der Waals surface area contributed by atoms with Gasteiger partial charge in [0.25, 0.3) is 0 Å². The molecule has 3 atom stereocenters. The van der Waals surface area contributed by atoms with Crippen molar-refractivity contribution in [2.24, 2.45) is 16.7 Å². The maximum Gasteiger partial charge on any atom is 0.138 e. The Bertz CT molecular complexity index is 343. The van der Waals surface area contributed by atoms with E-state index in [2.05, 4.69) is 20.8 Å². The van der Waals surface area contributed by atoms with Gasteiger partial charge in [0.1, 0.15) is 5.78 Å². The summed E-state index contributed by atoms with van der Waals surface area (Å²) >= 11 is 0. The minimum atomic E-state index is -0.344. The first-order valence-corrected chi connectivity index (χ1v) is 6.80. The molecule has 0 unspecified atom stereocenters. The Morgan fingerprint density at radius 3 is 2.35 bits per heavy atom. The summed E-state index contributed by atoms with van der Waals surface area (Å²) < 4.78 is 6.39. The highest BCUT2D eigenvalue weighted by atomic mass is 16.5.